The van der Waals surface area contributed by atoms with E-state index in [9.17, 15) is 4.79 Å². The third kappa shape index (κ3) is 2.52. The van der Waals surface area contributed by atoms with Gasteiger partial charge in [0, 0.05) is 38.0 Å². The van der Waals surface area contributed by atoms with Crippen LogP contribution in [0.25, 0.3) is 11.4 Å². The molecule has 0 spiro atoms. The molecule has 8 nitrogen and oxygen atoms in total. The number of hydrogen-bond acceptors (Lipinski definition) is 6. The summed E-state index contributed by atoms with van der Waals surface area (Å²) in [5.74, 6) is 5.86. The number of carbonyl (C=O) groups excluding carboxylic acids is 1. The van der Waals surface area contributed by atoms with E-state index in [1.807, 2.05) is 0 Å². The first kappa shape index (κ1) is 13.0. The second-order valence-corrected chi connectivity index (χ2v) is 4.27. The average molecular weight is 261 g/mol. The molecule has 0 aliphatic carbocycles. The number of hydrazine groups is 1. The van der Waals surface area contributed by atoms with Crippen molar-refractivity contribution in [2.75, 3.05) is 19.5 Å². The van der Waals surface area contributed by atoms with E-state index in [1.54, 1.807) is 39.3 Å². The minimum absolute atomic E-state index is 0.117. The lowest BCUT2D eigenvalue weighted by molar-refractivity contribution is 0.0827. The zero-order valence-corrected chi connectivity index (χ0v) is 11.0. The van der Waals surface area contributed by atoms with Crippen molar-refractivity contribution in [2.45, 2.75) is 0 Å². The summed E-state index contributed by atoms with van der Waals surface area (Å²) in [5.41, 5.74) is 4.38. The Labute approximate surface area is 110 Å². The van der Waals surface area contributed by atoms with E-state index in [0.717, 1.165) is 0 Å². The SMILES string of the molecule is CN(C)C(=O)c1cc(NN)cc(-c2nnnn2C)c1. The number of hydrogen-bond donors (Lipinski definition) is 2. The first-order valence-corrected chi connectivity index (χ1v) is 5.59. The molecule has 2 aromatic rings. The number of rotatable bonds is 3. The predicted octanol–water partition coefficient (Wildman–Crippen LogP) is -0.135. The van der Waals surface area contributed by atoms with Gasteiger partial charge in [-0.25, -0.2) is 4.68 Å². The third-order valence-corrected chi connectivity index (χ3v) is 2.63. The molecule has 0 aliphatic rings. The zero-order chi connectivity index (χ0) is 14.0. The van der Waals surface area contributed by atoms with E-state index in [0.29, 0.717) is 22.6 Å². The Morgan fingerprint density at radius 2 is 2.11 bits per heavy atom. The predicted molar refractivity (Wildman–Crippen MR) is 70.1 cm³/mol. The number of aromatic nitrogens is 4. The molecule has 8 heteroatoms. The van der Waals surface area contributed by atoms with Crippen LogP contribution in [0.15, 0.2) is 18.2 Å². The summed E-state index contributed by atoms with van der Waals surface area (Å²) in [5, 5.41) is 11.3. The lowest BCUT2D eigenvalue weighted by Gasteiger charge is -2.12. The molecule has 19 heavy (non-hydrogen) atoms. The molecule has 0 aliphatic heterocycles. The van der Waals surface area contributed by atoms with Crippen LogP contribution in [0.5, 0.6) is 0 Å². The molecule has 1 amide bonds. The van der Waals surface area contributed by atoms with Gasteiger partial charge in [0.2, 0.25) is 0 Å². The van der Waals surface area contributed by atoms with Gasteiger partial charge in [-0.05, 0) is 28.6 Å². The van der Waals surface area contributed by atoms with Gasteiger partial charge in [0.1, 0.15) is 0 Å². The van der Waals surface area contributed by atoms with E-state index < -0.39 is 0 Å². The average Bonchev–Trinajstić information content (AvgIpc) is 2.83. The van der Waals surface area contributed by atoms with Gasteiger partial charge >= 0.3 is 0 Å². The van der Waals surface area contributed by atoms with E-state index in [2.05, 4.69) is 21.0 Å². The van der Waals surface area contributed by atoms with Gasteiger partial charge in [0.25, 0.3) is 5.91 Å². The van der Waals surface area contributed by atoms with Crippen molar-refractivity contribution in [3.63, 3.8) is 0 Å². The summed E-state index contributed by atoms with van der Waals surface area (Å²) >= 11 is 0. The highest BCUT2D eigenvalue weighted by Gasteiger charge is 2.14. The lowest BCUT2D eigenvalue weighted by Crippen LogP contribution is -2.22. The van der Waals surface area contributed by atoms with Gasteiger partial charge in [0.15, 0.2) is 5.82 Å². The summed E-state index contributed by atoms with van der Waals surface area (Å²) < 4.78 is 1.53. The number of carbonyl (C=O) groups is 1. The minimum atomic E-state index is -0.117. The van der Waals surface area contributed by atoms with Crippen LogP contribution in [0.2, 0.25) is 0 Å². The van der Waals surface area contributed by atoms with Crippen LogP contribution >= 0.6 is 0 Å². The van der Waals surface area contributed by atoms with Crippen molar-refractivity contribution in [3.05, 3.63) is 23.8 Å². The monoisotopic (exact) mass is 261 g/mol. The number of nitrogens with one attached hydrogen (secondary N) is 1. The molecule has 1 heterocycles. The summed E-state index contributed by atoms with van der Waals surface area (Å²) in [6.45, 7) is 0. The summed E-state index contributed by atoms with van der Waals surface area (Å²) in [7, 11) is 5.11. The topological polar surface area (TPSA) is 102 Å². The van der Waals surface area contributed by atoms with Gasteiger partial charge < -0.3 is 10.3 Å². The van der Waals surface area contributed by atoms with Crippen LogP contribution < -0.4 is 11.3 Å². The molecule has 0 bridgehead atoms. The first-order chi connectivity index (χ1) is 9.02. The van der Waals surface area contributed by atoms with Crippen LogP contribution in [0, 0.1) is 0 Å². The quantitative estimate of drug-likeness (QED) is 0.589. The maximum Gasteiger partial charge on any atom is 0.253 e. The number of tetrazole rings is 1. The fourth-order valence-corrected chi connectivity index (χ4v) is 1.70. The second kappa shape index (κ2) is 5.02. The van der Waals surface area contributed by atoms with Crippen molar-refractivity contribution in [2.24, 2.45) is 12.9 Å². The van der Waals surface area contributed by atoms with Gasteiger partial charge in [-0.1, -0.05) is 0 Å². The smallest absolute Gasteiger partial charge is 0.253 e. The first-order valence-electron chi connectivity index (χ1n) is 5.59. The van der Waals surface area contributed by atoms with Gasteiger partial charge in [0.05, 0.1) is 0 Å². The summed E-state index contributed by atoms with van der Waals surface area (Å²) in [6, 6.07) is 5.18. The molecule has 0 fully saturated rings. The number of benzene rings is 1. The number of nitrogens with two attached hydrogens (primary N) is 1. The Morgan fingerprint density at radius 1 is 1.37 bits per heavy atom. The number of nitrogen functional groups attached to an aromatic ring is 1. The maximum atomic E-state index is 12.0. The van der Waals surface area contributed by atoms with Crippen molar-refractivity contribution in [1.29, 1.82) is 0 Å². The van der Waals surface area contributed by atoms with E-state index in [-0.39, 0.29) is 5.91 Å². The van der Waals surface area contributed by atoms with Crippen molar-refractivity contribution < 1.29 is 4.79 Å². The summed E-state index contributed by atoms with van der Waals surface area (Å²) in [6.07, 6.45) is 0. The van der Waals surface area contributed by atoms with Gasteiger partial charge in [-0.3, -0.25) is 10.6 Å². The maximum absolute atomic E-state index is 12.0. The molecule has 1 aromatic heterocycles. The molecule has 100 valence electrons. The zero-order valence-electron chi connectivity index (χ0n) is 11.0. The Balaban J connectivity index is 2.54. The number of aryl methyl sites for hydroxylation is 1. The number of anilines is 1. The van der Waals surface area contributed by atoms with Crippen LogP contribution in [0.3, 0.4) is 0 Å². The number of amides is 1. The van der Waals surface area contributed by atoms with E-state index >= 15 is 0 Å². The molecular formula is C11H15N7O. The van der Waals surface area contributed by atoms with Crippen LogP contribution in [0.4, 0.5) is 5.69 Å². The Kier molecular flexibility index (Phi) is 3.43. The van der Waals surface area contributed by atoms with Crippen molar-refractivity contribution in [1.82, 2.24) is 25.1 Å². The van der Waals surface area contributed by atoms with Crippen molar-refractivity contribution >= 4 is 11.6 Å². The van der Waals surface area contributed by atoms with Crippen LogP contribution in [-0.2, 0) is 7.05 Å². The van der Waals surface area contributed by atoms with Crippen molar-refractivity contribution in [3.8, 4) is 11.4 Å². The third-order valence-electron chi connectivity index (χ3n) is 2.63. The molecule has 2 rings (SSSR count). The second-order valence-electron chi connectivity index (χ2n) is 4.27. The number of nitrogens with zero attached hydrogens (tertiary/aromatic N) is 5. The largest absolute Gasteiger partial charge is 0.345 e. The Hall–Kier alpha value is -2.48. The highest BCUT2D eigenvalue weighted by Crippen LogP contribution is 2.22. The summed E-state index contributed by atoms with van der Waals surface area (Å²) in [4.78, 5) is 13.5. The Bertz CT molecular complexity index is 605. The minimum Gasteiger partial charge on any atom is -0.345 e. The molecule has 0 saturated heterocycles. The molecule has 3 N–H and O–H groups in total. The van der Waals surface area contributed by atoms with E-state index in [4.69, 9.17) is 5.84 Å². The molecule has 1 aromatic carbocycles. The molecular weight excluding hydrogens is 246 g/mol. The van der Waals surface area contributed by atoms with Crippen LogP contribution in [-0.4, -0.2) is 45.1 Å². The highest BCUT2D eigenvalue weighted by atomic mass is 16.2. The molecule has 0 atom stereocenters. The van der Waals surface area contributed by atoms with Gasteiger partial charge in [-0.2, -0.15) is 0 Å². The standard InChI is InChI=1S/C11H15N7O/c1-17(2)11(19)8-4-7(5-9(6-8)13-12)10-14-15-16-18(10)3/h4-6,13H,12H2,1-3H3. The molecule has 0 radical (unpaired) electrons. The highest BCUT2D eigenvalue weighted by molar-refractivity contribution is 5.96. The fourth-order valence-electron chi connectivity index (χ4n) is 1.70. The molecule has 0 saturated carbocycles. The van der Waals surface area contributed by atoms with Gasteiger partial charge in [-0.15, -0.1) is 5.10 Å². The van der Waals surface area contributed by atoms with E-state index in [1.165, 1.54) is 9.58 Å². The lowest BCUT2D eigenvalue weighted by atomic mass is 10.1. The fraction of sp³-hybridized carbons (Fsp3) is 0.273. The van der Waals surface area contributed by atoms with Crippen LogP contribution in [0.1, 0.15) is 10.4 Å². The molecule has 0 unspecified atom stereocenters. The Morgan fingerprint density at radius 3 is 2.63 bits per heavy atom. The normalized spacial score (nSPS) is 10.3.